The van der Waals surface area contributed by atoms with Crippen LogP contribution in [-0.4, -0.2) is 46.9 Å². The Balaban J connectivity index is 2.51. The fraction of sp³-hybridized carbons (Fsp3) is 0.462. The molecule has 0 aliphatic carbocycles. The Morgan fingerprint density at radius 3 is 2.81 bits per heavy atom. The fourth-order valence-corrected chi connectivity index (χ4v) is 3.82. The number of imidazole rings is 1. The topological polar surface area (TPSA) is 101 Å². The third-order valence-corrected chi connectivity index (χ3v) is 5.15. The van der Waals surface area contributed by atoms with Gasteiger partial charge in [-0.15, -0.1) is 0 Å². The highest BCUT2D eigenvalue weighted by molar-refractivity contribution is 7.89. The number of unbranched alkanes of at least 4 members (excludes halogenated alkanes) is 1. The van der Waals surface area contributed by atoms with Gasteiger partial charge < -0.3 is 10.8 Å². The Kier molecular flexibility index (Phi) is 4.81. The van der Waals surface area contributed by atoms with Crippen LogP contribution in [0.15, 0.2) is 29.4 Å². The number of nitrogens with two attached hydrogens (primary N) is 1. The zero-order valence-electron chi connectivity index (χ0n) is 11.9. The van der Waals surface area contributed by atoms with Gasteiger partial charge in [-0.2, -0.15) is 4.31 Å². The van der Waals surface area contributed by atoms with E-state index in [-0.39, 0.29) is 24.0 Å². The zero-order chi connectivity index (χ0) is 15.5. The van der Waals surface area contributed by atoms with Crippen LogP contribution in [0, 0.1) is 0 Å². The number of aromatic nitrogens is 2. The van der Waals surface area contributed by atoms with Gasteiger partial charge >= 0.3 is 0 Å². The van der Waals surface area contributed by atoms with Crippen LogP contribution in [0.5, 0.6) is 0 Å². The number of hydrogen-bond donors (Lipinski definition) is 2. The van der Waals surface area contributed by atoms with Gasteiger partial charge in [0.25, 0.3) is 10.0 Å². The van der Waals surface area contributed by atoms with Crippen LogP contribution in [0.4, 0.5) is 5.82 Å². The van der Waals surface area contributed by atoms with Crippen molar-refractivity contribution in [3.8, 4) is 0 Å². The molecule has 0 spiro atoms. The SMILES string of the molecule is CCCCN(CCO)S(=O)(=O)c1c(N)nc2ccccn12. The molecular formula is C13H20N4O3S. The summed E-state index contributed by atoms with van der Waals surface area (Å²) in [6.07, 6.45) is 3.19. The molecular weight excluding hydrogens is 292 g/mol. The predicted octanol–water partition coefficient (Wildman–Crippen LogP) is 0.700. The first-order chi connectivity index (χ1) is 10.0. The molecule has 2 aromatic heterocycles. The maximum atomic E-state index is 12.8. The van der Waals surface area contributed by atoms with Crippen LogP contribution in [-0.2, 0) is 10.0 Å². The van der Waals surface area contributed by atoms with Crippen molar-refractivity contribution in [3.63, 3.8) is 0 Å². The molecule has 2 heterocycles. The van der Waals surface area contributed by atoms with Crippen molar-refractivity contribution in [2.45, 2.75) is 24.8 Å². The molecule has 0 atom stereocenters. The molecule has 0 saturated carbocycles. The van der Waals surface area contributed by atoms with E-state index in [4.69, 9.17) is 10.8 Å². The Morgan fingerprint density at radius 1 is 1.38 bits per heavy atom. The van der Waals surface area contributed by atoms with E-state index in [1.165, 1.54) is 8.71 Å². The first-order valence-corrected chi connectivity index (χ1v) is 8.30. The summed E-state index contributed by atoms with van der Waals surface area (Å²) < 4.78 is 28.3. The Morgan fingerprint density at radius 2 is 2.14 bits per heavy atom. The molecule has 3 N–H and O–H groups in total. The summed E-state index contributed by atoms with van der Waals surface area (Å²) in [5.74, 6) is -0.0272. The lowest BCUT2D eigenvalue weighted by atomic mass is 10.3. The molecule has 0 aliphatic rings. The van der Waals surface area contributed by atoms with Gasteiger partial charge in [0, 0.05) is 19.3 Å². The molecule has 8 heteroatoms. The molecule has 0 saturated heterocycles. The summed E-state index contributed by atoms with van der Waals surface area (Å²) in [4.78, 5) is 4.07. The Bertz CT molecular complexity index is 711. The van der Waals surface area contributed by atoms with E-state index in [1.807, 2.05) is 6.92 Å². The van der Waals surface area contributed by atoms with Gasteiger partial charge in [-0.1, -0.05) is 19.4 Å². The molecule has 0 fully saturated rings. The summed E-state index contributed by atoms with van der Waals surface area (Å²) in [6, 6.07) is 5.17. The van der Waals surface area contributed by atoms with Crippen molar-refractivity contribution < 1.29 is 13.5 Å². The van der Waals surface area contributed by atoms with Gasteiger partial charge in [0.15, 0.2) is 10.8 Å². The molecule has 0 bridgehead atoms. The number of rotatable bonds is 7. The second-order valence-electron chi connectivity index (χ2n) is 4.71. The van der Waals surface area contributed by atoms with E-state index in [2.05, 4.69) is 4.98 Å². The average Bonchev–Trinajstić information content (AvgIpc) is 2.79. The molecule has 21 heavy (non-hydrogen) atoms. The smallest absolute Gasteiger partial charge is 0.262 e. The fourth-order valence-electron chi connectivity index (χ4n) is 2.17. The van der Waals surface area contributed by atoms with E-state index >= 15 is 0 Å². The summed E-state index contributed by atoms with van der Waals surface area (Å²) in [7, 11) is -3.80. The third-order valence-electron chi connectivity index (χ3n) is 3.21. The Labute approximate surface area is 124 Å². The summed E-state index contributed by atoms with van der Waals surface area (Å²) in [6.45, 7) is 2.13. The number of aliphatic hydroxyl groups excluding tert-OH is 1. The minimum atomic E-state index is -3.80. The molecule has 2 rings (SSSR count). The van der Waals surface area contributed by atoms with Crippen molar-refractivity contribution >= 4 is 21.5 Å². The predicted molar refractivity (Wildman–Crippen MR) is 80.4 cm³/mol. The molecule has 7 nitrogen and oxygen atoms in total. The minimum Gasteiger partial charge on any atom is -0.395 e. The van der Waals surface area contributed by atoms with Gasteiger partial charge in [0.1, 0.15) is 5.65 Å². The van der Waals surface area contributed by atoms with Crippen LogP contribution in [0.3, 0.4) is 0 Å². The standard InChI is InChI=1S/C13H20N4O3S/c1-2-3-7-16(9-10-18)21(19,20)13-12(14)15-11-6-4-5-8-17(11)13/h4-6,8,18H,2-3,7,9-10,14H2,1H3. The van der Waals surface area contributed by atoms with E-state index in [9.17, 15) is 8.42 Å². The van der Waals surface area contributed by atoms with Crippen LogP contribution < -0.4 is 5.73 Å². The van der Waals surface area contributed by atoms with Crippen LogP contribution in [0.1, 0.15) is 19.8 Å². The van der Waals surface area contributed by atoms with Crippen molar-refractivity contribution in [1.29, 1.82) is 0 Å². The van der Waals surface area contributed by atoms with Crippen molar-refractivity contribution in [3.05, 3.63) is 24.4 Å². The highest BCUT2D eigenvalue weighted by Gasteiger charge is 2.30. The van der Waals surface area contributed by atoms with Crippen molar-refractivity contribution in [1.82, 2.24) is 13.7 Å². The molecule has 0 aliphatic heterocycles. The number of nitrogens with zero attached hydrogens (tertiary/aromatic N) is 3. The largest absolute Gasteiger partial charge is 0.395 e. The molecule has 0 amide bonds. The average molecular weight is 312 g/mol. The molecule has 2 aromatic rings. The van der Waals surface area contributed by atoms with Crippen molar-refractivity contribution in [2.24, 2.45) is 0 Å². The minimum absolute atomic E-state index is 0.0272. The monoisotopic (exact) mass is 312 g/mol. The lowest BCUT2D eigenvalue weighted by molar-refractivity contribution is 0.252. The highest BCUT2D eigenvalue weighted by atomic mass is 32.2. The number of fused-ring (bicyclic) bond motifs is 1. The first kappa shape index (κ1) is 15.7. The van der Waals surface area contributed by atoms with Gasteiger partial charge in [-0.05, 0) is 18.6 Å². The lowest BCUT2D eigenvalue weighted by Gasteiger charge is -2.20. The zero-order valence-corrected chi connectivity index (χ0v) is 12.8. The van der Waals surface area contributed by atoms with Gasteiger partial charge in [-0.25, -0.2) is 13.4 Å². The van der Waals surface area contributed by atoms with E-state index in [1.54, 1.807) is 24.4 Å². The number of pyridine rings is 1. The molecule has 116 valence electrons. The maximum Gasteiger partial charge on any atom is 0.262 e. The molecule has 0 aromatic carbocycles. The quantitative estimate of drug-likeness (QED) is 0.783. The summed E-state index contributed by atoms with van der Waals surface area (Å²) >= 11 is 0. The van der Waals surface area contributed by atoms with Gasteiger partial charge in [0.2, 0.25) is 0 Å². The van der Waals surface area contributed by atoms with Gasteiger partial charge in [-0.3, -0.25) is 4.40 Å². The van der Waals surface area contributed by atoms with Crippen molar-refractivity contribution in [2.75, 3.05) is 25.4 Å². The second kappa shape index (κ2) is 6.42. The summed E-state index contributed by atoms with van der Waals surface area (Å²) in [5.41, 5.74) is 6.28. The van der Waals surface area contributed by atoms with E-state index < -0.39 is 10.0 Å². The maximum absolute atomic E-state index is 12.8. The molecule has 0 radical (unpaired) electrons. The van der Waals surface area contributed by atoms with Crippen LogP contribution in [0.25, 0.3) is 5.65 Å². The Hall–Kier alpha value is -1.64. The first-order valence-electron chi connectivity index (χ1n) is 6.86. The van der Waals surface area contributed by atoms with Crippen LogP contribution in [0.2, 0.25) is 0 Å². The number of nitrogen functional groups attached to an aromatic ring is 1. The molecule has 0 unspecified atom stereocenters. The highest BCUT2D eigenvalue weighted by Crippen LogP contribution is 2.23. The lowest BCUT2D eigenvalue weighted by Crippen LogP contribution is -2.35. The number of hydrogen-bond acceptors (Lipinski definition) is 5. The normalized spacial score (nSPS) is 12.3. The number of sulfonamides is 1. The van der Waals surface area contributed by atoms with E-state index in [0.29, 0.717) is 12.2 Å². The van der Waals surface area contributed by atoms with Crippen LogP contribution >= 0.6 is 0 Å². The summed E-state index contributed by atoms with van der Waals surface area (Å²) in [5, 5.41) is 9.08. The number of anilines is 1. The van der Waals surface area contributed by atoms with Gasteiger partial charge in [0.05, 0.1) is 6.61 Å². The number of aliphatic hydroxyl groups is 1. The third kappa shape index (κ3) is 3.02. The van der Waals surface area contributed by atoms with E-state index in [0.717, 1.165) is 12.8 Å². The second-order valence-corrected chi connectivity index (χ2v) is 6.57.